The first-order valence-corrected chi connectivity index (χ1v) is 7.10. The third-order valence-corrected chi connectivity index (χ3v) is 3.90. The highest BCUT2D eigenvalue weighted by molar-refractivity contribution is 7.80. The van der Waals surface area contributed by atoms with Gasteiger partial charge in [-0.15, -0.1) is 0 Å². The molecule has 1 aromatic carbocycles. The molecule has 1 aliphatic heterocycles. The van der Waals surface area contributed by atoms with Gasteiger partial charge < -0.3 is 14.7 Å². The molecule has 9 heteroatoms. The molecule has 122 valence electrons. The number of hydrogen-bond acceptors (Lipinski definition) is 6. The number of nitro benzene ring substituents is 1. The van der Waals surface area contributed by atoms with Gasteiger partial charge in [-0.1, -0.05) is 0 Å². The van der Waals surface area contributed by atoms with E-state index < -0.39 is 4.92 Å². The van der Waals surface area contributed by atoms with Crippen LogP contribution in [-0.4, -0.2) is 51.6 Å². The minimum Gasteiger partial charge on any atom is -0.504 e. The predicted octanol–water partition coefficient (Wildman–Crippen LogP) is 1.73. The average molecular weight is 337 g/mol. The first-order valence-electron chi connectivity index (χ1n) is 6.69. The number of likely N-dealkylation sites (N-methyl/N-ethyl adjacent to an activating group) is 2. The van der Waals surface area contributed by atoms with Crippen LogP contribution in [0.3, 0.4) is 0 Å². The Kier molecular flexibility index (Phi) is 4.50. The van der Waals surface area contributed by atoms with Gasteiger partial charge in [0.2, 0.25) is 0 Å². The lowest BCUT2D eigenvalue weighted by molar-refractivity contribution is -0.385. The fourth-order valence-corrected chi connectivity index (χ4v) is 2.31. The number of rotatable bonds is 4. The second-order valence-electron chi connectivity index (χ2n) is 4.81. The minimum absolute atomic E-state index is 0.0161. The van der Waals surface area contributed by atoms with E-state index in [1.807, 2.05) is 0 Å². The van der Waals surface area contributed by atoms with Gasteiger partial charge in [-0.3, -0.25) is 19.8 Å². The number of carbonyl (C=O) groups excluding carboxylic acids is 1. The molecule has 1 heterocycles. The van der Waals surface area contributed by atoms with Gasteiger partial charge in [-0.2, -0.15) is 0 Å². The Bertz CT molecular complexity index is 731. The number of nitro groups is 1. The molecule has 1 fully saturated rings. The lowest BCUT2D eigenvalue weighted by Gasteiger charge is -2.12. The molecule has 1 aromatic rings. The van der Waals surface area contributed by atoms with Crippen LogP contribution in [0, 0.1) is 10.1 Å². The molecule has 1 N–H and O–H groups in total. The van der Waals surface area contributed by atoms with Crippen LogP contribution in [0.25, 0.3) is 6.08 Å². The average Bonchev–Trinajstić information content (AvgIpc) is 2.68. The zero-order valence-corrected chi connectivity index (χ0v) is 13.6. The van der Waals surface area contributed by atoms with Crippen molar-refractivity contribution in [2.45, 2.75) is 6.92 Å². The second kappa shape index (κ2) is 6.21. The van der Waals surface area contributed by atoms with Gasteiger partial charge in [0.25, 0.3) is 11.6 Å². The molecule has 0 saturated carbocycles. The number of benzene rings is 1. The van der Waals surface area contributed by atoms with Gasteiger partial charge in [0.15, 0.2) is 16.6 Å². The third kappa shape index (κ3) is 2.95. The lowest BCUT2D eigenvalue weighted by atomic mass is 10.1. The molecule has 0 spiro atoms. The Morgan fingerprint density at radius 3 is 2.52 bits per heavy atom. The largest absolute Gasteiger partial charge is 0.504 e. The van der Waals surface area contributed by atoms with Crippen molar-refractivity contribution in [3.8, 4) is 11.5 Å². The molecule has 0 unspecified atom stereocenters. The fraction of sp³-hybridized carbons (Fsp3) is 0.286. The van der Waals surface area contributed by atoms with Crippen molar-refractivity contribution < 1.29 is 19.6 Å². The SMILES string of the molecule is CCOc1cc([N+](=O)[O-])cc(/C=C2/C(=O)N(C)C(=S)N2C)c1O. The number of phenolic OH excluding ortho intramolecular Hbond substituents is 1. The summed E-state index contributed by atoms with van der Waals surface area (Å²) >= 11 is 5.10. The number of hydrogen-bond donors (Lipinski definition) is 1. The molecule has 1 saturated heterocycles. The summed E-state index contributed by atoms with van der Waals surface area (Å²) in [5, 5.41) is 21.6. The summed E-state index contributed by atoms with van der Waals surface area (Å²) < 4.78 is 5.21. The Balaban J connectivity index is 2.59. The first kappa shape index (κ1) is 16.7. The lowest BCUT2D eigenvalue weighted by Crippen LogP contribution is -2.26. The maximum Gasteiger partial charge on any atom is 0.276 e. The Morgan fingerprint density at radius 1 is 1.39 bits per heavy atom. The molecule has 0 aromatic heterocycles. The zero-order valence-electron chi connectivity index (χ0n) is 12.8. The maximum absolute atomic E-state index is 12.2. The van der Waals surface area contributed by atoms with E-state index in [2.05, 4.69) is 0 Å². The fourth-order valence-electron chi connectivity index (χ4n) is 2.13. The molecular formula is C14H15N3O5S. The summed E-state index contributed by atoms with van der Waals surface area (Å²) in [5.41, 5.74) is 0.0637. The number of ether oxygens (including phenoxy) is 1. The molecule has 8 nitrogen and oxygen atoms in total. The standard InChI is InChI=1S/C14H15N3O5S/c1-4-22-11-7-9(17(20)21)5-8(12(11)18)6-10-13(19)16(3)14(23)15(10)2/h5-7,18H,4H2,1-3H3/b10-6-. The van der Waals surface area contributed by atoms with Crippen LogP contribution in [0.5, 0.6) is 11.5 Å². The molecule has 23 heavy (non-hydrogen) atoms. The number of carbonyl (C=O) groups is 1. The summed E-state index contributed by atoms with van der Waals surface area (Å²) in [6.07, 6.45) is 1.35. The van der Waals surface area contributed by atoms with E-state index in [0.29, 0.717) is 5.11 Å². The molecular weight excluding hydrogens is 322 g/mol. The summed E-state index contributed by atoms with van der Waals surface area (Å²) in [7, 11) is 3.13. The van der Waals surface area contributed by atoms with Crippen molar-refractivity contribution in [1.82, 2.24) is 9.80 Å². The monoisotopic (exact) mass is 337 g/mol. The van der Waals surface area contributed by atoms with Crippen molar-refractivity contribution in [2.75, 3.05) is 20.7 Å². The van der Waals surface area contributed by atoms with Gasteiger partial charge in [0, 0.05) is 25.7 Å². The van der Waals surface area contributed by atoms with Crippen molar-refractivity contribution in [2.24, 2.45) is 0 Å². The van der Waals surface area contributed by atoms with Crippen molar-refractivity contribution in [3.05, 3.63) is 33.5 Å². The summed E-state index contributed by atoms with van der Waals surface area (Å²) in [6, 6.07) is 2.31. The van der Waals surface area contributed by atoms with E-state index >= 15 is 0 Å². The van der Waals surface area contributed by atoms with E-state index in [0.717, 1.165) is 6.07 Å². The van der Waals surface area contributed by atoms with Gasteiger partial charge in [-0.05, 0) is 25.2 Å². The number of thiocarbonyl (C=S) groups is 1. The van der Waals surface area contributed by atoms with E-state index in [9.17, 15) is 20.0 Å². The molecule has 0 radical (unpaired) electrons. The van der Waals surface area contributed by atoms with Crippen LogP contribution < -0.4 is 4.74 Å². The zero-order chi connectivity index (χ0) is 17.3. The first-order chi connectivity index (χ1) is 10.8. The van der Waals surface area contributed by atoms with Crippen molar-refractivity contribution >= 4 is 35.0 Å². The molecule has 0 aliphatic carbocycles. The van der Waals surface area contributed by atoms with Gasteiger partial charge >= 0.3 is 0 Å². The van der Waals surface area contributed by atoms with E-state index in [-0.39, 0.29) is 41.0 Å². The summed E-state index contributed by atoms with van der Waals surface area (Å²) in [4.78, 5) is 25.3. The summed E-state index contributed by atoms with van der Waals surface area (Å²) in [6.45, 7) is 1.93. The Labute approximate surface area is 137 Å². The smallest absolute Gasteiger partial charge is 0.276 e. The van der Waals surface area contributed by atoms with Crippen molar-refractivity contribution in [1.29, 1.82) is 0 Å². The molecule has 2 rings (SSSR count). The second-order valence-corrected chi connectivity index (χ2v) is 5.17. The highest BCUT2D eigenvalue weighted by Crippen LogP contribution is 2.36. The molecule has 1 amide bonds. The van der Waals surface area contributed by atoms with Gasteiger partial charge in [0.1, 0.15) is 5.70 Å². The topological polar surface area (TPSA) is 96.1 Å². The van der Waals surface area contributed by atoms with Crippen LogP contribution in [0.2, 0.25) is 0 Å². The highest BCUT2D eigenvalue weighted by Gasteiger charge is 2.33. The normalized spacial score (nSPS) is 16.4. The summed E-state index contributed by atoms with van der Waals surface area (Å²) in [5.74, 6) is -0.648. The molecule has 0 bridgehead atoms. The number of non-ortho nitro benzene ring substituents is 1. The Hall–Kier alpha value is -2.68. The van der Waals surface area contributed by atoms with Crippen LogP contribution >= 0.6 is 12.2 Å². The number of aromatic hydroxyl groups is 1. The molecule has 1 aliphatic rings. The van der Waals surface area contributed by atoms with Gasteiger partial charge in [0.05, 0.1) is 17.6 Å². The maximum atomic E-state index is 12.2. The third-order valence-electron chi connectivity index (χ3n) is 3.35. The van der Waals surface area contributed by atoms with Crippen molar-refractivity contribution in [3.63, 3.8) is 0 Å². The van der Waals surface area contributed by atoms with E-state index in [4.69, 9.17) is 17.0 Å². The Morgan fingerprint density at radius 2 is 2.04 bits per heavy atom. The quantitative estimate of drug-likeness (QED) is 0.387. The number of nitrogens with zero attached hydrogens (tertiary/aromatic N) is 3. The van der Waals surface area contributed by atoms with Crippen LogP contribution in [-0.2, 0) is 4.79 Å². The highest BCUT2D eigenvalue weighted by atomic mass is 32.1. The van der Waals surface area contributed by atoms with Gasteiger partial charge in [-0.25, -0.2) is 0 Å². The molecule has 0 atom stereocenters. The number of amides is 1. The minimum atomic E-state index is -0.596. The van der Waals surface area contributed by atoms with Crippen LogP contribution in [0.15, 0.2) is 17.8 Å². The van der Waals surface area contributed by atoms with E-state index in [1.165, 1.54) is 29.0 Å². The number of phenols is 1. The van der Waals surface area contributed by atoms with Crippen LogP contribution in [0.4, 0.5) is 5.69 Å². The van der Waals surface area contributed by atoms with Crippen LogP contribution in [0.1, 0.15) is 12.5 Å². The van der Waals surface area contributed by atoms with E-state index in [1.54, 1.807) is 14.0 Å². The predicted molar refractivity (Wildman–Crippen MR) is 87.0 cm³/mol.